The van der Waals surface area contributed by atoms with Gasteiger partial charge in [0.2, 0.25) is 40.1 Å². The maximum Gasteiger partial charge on any atom is 0.261 e. The standard InChI is InChI=1S/C21H20N2O2S.C18H22N2O3S.C18H18N2O3S.C15H15ClN2O2S.C15H16N2O2S/c24-26(25,23-21-8-4-7-18-15-22-14-13-20(18)21)19-11-9-17(10-12-19)16-5-2-1-3-6-16;1-13(2)23-15-6-8-16(9-7-15)24(21,22)20-18-5-3-4-14-12-19-11-10-17(14)18;1-13(2)23-15-6-8-16(9-7-15)24(21,22)20-18-5-3-4-14-10-11-19-12-17(14)18;16-12-4-6-13(7-5-12)21(19,20)18-15-3-1-2-11-10-17-9-8-14(11)15;18-20(19,13-6-2-1-3-7-13)17-15-8-4-5-12-11-16-10-9-14(12)15/h1-3,5-6,9-15,21,23H,4,7-8H2;6-13,18,20H,3-5H2,1-2H3;3-13,20H,1-2H3;4-10,15,18H,1-3H2;1-3,6-7,9-11,15,17H,4-5,8H2. The molecule has 0 radical (unpaired) electrons. The number of aryl methyl sites for hydroxylation is 4. The SMILES string of the molecule is CC(C)Oc1ccc(S(=O)(=O)NC2CCCc3cnccc32)cc1.CC(C)Oc1ccc(S(=O)(=O)Nc2cccc3ccncc23)cc1.O=S(=O)(NC1CCCc2cnccc21)c1ccc(-c2ccccc2)cc1.O=S(=O)(NC1CCCc2cnccc21)c1ccc(Cl)cc1.O=S(=O)(NC1CCCc2cnccc21)c1ccccc1. The van der Waals surface area contributed by atoms with Crippen molar-refractivity contribution >= 4 is 78.2 Å². The fourth-order valence-corrected chi connectivity index (χ4v) is 20.3. The monoisotopic (exact) mass is 1660 g/mol. The number of rotatable bonds is 20. The molecule has 5 N–H and O–H groups in total. The van der Waals surface area contributed by atoms with Gasteiger partial charge in [-0.15, -0.1) is 0 Å². The van der Waals surface area contributed by atoms with Gasteiger partial charge < -0.3 is 9.47 Å². The minimum atomic E-state index is -3.68. The second kappa shape index (κ2) is 38.5. The van der Waals surface area contributed by atoms with E-state index in [0.29, 0.717) is 32.0 Å². The maximum atomic E-state index is 12.8. The first-order valence-corrected chi connectivity index (χ1v) is 45.7. The number of hydrogen-bond acceptors (Lipinski definition) is 17. The summed E-state index contributed by atoms with van der Waals surface area (Å²) in [6.45, 7) is 7.70. The Morgan fingerprint density at radius 1 is 0.330 bits per heavy atom. The zero-order chi connectivity index (χ0) is 81.2. The molecule has 28 heteroatoms. The van der Waals surface area contributed by atoms with Crippen LogP contribution < -0.4 is 33.1 Å². The van der Waals surface area contributed by atoms with Crippen molar-refractivity contribution in [2.24, 2.45) is 0 Å². The predicted octanol–water partition coefficient (Wildman–Crippen LogP) is 16.7. The minimum absolute atomic E-state index is 0.0359. The average molecular weight is 1660 g/mol. The Hall–Kier alpha value is -10.2. The van der Waals surface area contributed by atoms with E-state index in [1.54, 1.807) is 140 Å². The van der Waals surface area contributed by atoms with Gasteiger partial charge in [0.15, 0.2) is 0 Å². The van der Waals surface area contributed by atoms with E-state index in [4.69, 9.17) is 21.1 Å². The Morgan fingerprint density at radius 3 is 1.02 bits per heavy atom. The molecule has 0 amide bonds. The van der Waals surface area contributed by atoms with Crippen LogP contribution in [0.5, 0.6) is 11.5 Å². The van der Waals surface area contributed by atoms with Crippen LogP contribution in [0.1, 0.15) is 148 Å². The summed E-state index contributed by atoms with van der Waals surface area (Å²) in [5.74, 6) is 1.30. The molecule has 0 spiro atoms. The quantitative estimate of drug-likeness (QED) is 0.0473. The molecule has 5 heterocycles. The van der Waals surface area contributed by atoms with E-state index in [9.17, 15) is 42.1 Å². The summed E-state index contributed by atoms with van der Waals surface area (Å²) in [6, 6.07) is 58.7. The van der Waals surface area contributed by atoms with Crippen molar-refractivity contribution in [2.45, 2.75) is 166 Å². The highest BCUT2D eigenvalue weighted by molar-refractivity contribution is 7.92. The van der Waals surface area contributed by atoms with Crippen molar-refractivity contribution < 1.29 is 51.6 Å². The molecule has 4 aliphatic carbocycles. The van der Waals surface area contributed by atoms with Crippen molar-refractivity contribution in [3.05, 3.63) is 318 Å². The molecule has 7 aromatic carbocycles. The summed E-state index contributed by atoms with van der Waals surface area (Å²) in [5, 5.41) is 2.19. The van der Waals surface area contributed by atoms with Crippen LogP contribution in [-0.2, 0) is 75.8 Å². The van der Waals surface area contributed by atoms with E-state index in [1.165, 1.54) is 24.3 Å². The number of anilines is 1. The third-order valence-corrected chi connectivity index (χ3v) is 27.2. The van der Waals surface area contributed by atoms with E-state index >= 15 is 0 Å². The molecule has 598 valence electrons. The second-order valence-electron chi connectivity index (χ2n) is 28.5. The summed E-state index contributed by atoms with van der Waals surface area (Å²) in [4.78, 5) is 21.8. The molecule has 115 heavy (non-hydrogen) atoms. The van der Waals surface area contributed by atoms with E-state index in [0.717, 1.165) is 143 Å². The third-order valence-electron chi connectivity index (χ3n) is 19.6. The number of nitrogens with zero attached hydrogens (tertiary/aromatic N) is 5. The molecule has 22 nitrogen and oxygen atoms in total. The van der Waals surface area contributed by atoms with Crippen LogP contribution in [0, 0.1) is 0 Å². The highest BCUT2D eigenvalue weighted by atomic mass is 35.5. The molecular formula is C87H91ClN10O12S5. The molecule has 0 saturated heterocycles. The summed E-state index contributed by atoms with van der Waals surface area (Å²) < 4.78 is 151. The van der Waals surface area contributed by atoms with Crippen molar-refractivity contribution in [3.8, 4) is 22.6 Å². The van der Waals surface area contributed by atoms with Gasteiger partial charge in [0.05, 0.1) is 42.4 Å². The zero-order valence-corrected chi connectivity index (χ0v) is 68.7. The third kappa shape index (κ3) is 22.7. The molecule has 0 saturated carbocycles. The van der Waals surface area contributed by atoms with Crippen LogP contribution in [-0.4, -0.2) is 79.2 Å². The normalized spacial score (nSPS) is 16.4. The number of nitrogens with one attached hydrogen (secondary N) is 5. The zero-order valence-electron chi connectivity index (χ0n) is 63.9. The first-order valence-electron chi connectivity index (χ1n) is 37.9. The van der Waals surface area contributed by atoms with Crippen molar-refractivity contribution in [2.75, 3.05) is 4.72 Å². The smallest absolute Gasteiger partial charge is 0.261 e. The first kappa shape index (κ1) is 84.2. The van der Waals surface area contributed by atoms with Gasteiger partial charge in [-0.2, -0.15) is 0 Å². The molecule has 4 unspecified atom stereocenters. The van der Waals surface area contributed by atoms with E-state index in [1.807, 2.05) is 131 Å². The molecular weight excluding hydrogens is 1570 g/mol. The molecule has 4 aliphatic rings. The topological polar surface area (TPSA) is 314 Å². The fourth-order valence-electron chi connectivity index (χ4n) is 14.1. The molecule has 4 atom stereocenters. The van der Waals surface area contributed by atoms with Crippen molar-refractivity contribution in [1.82, 2.24) is 43.8 Å². The number of pyridine rings is 5. The number of benzene rings is 7. The second-order valence-corrected chi connectivity index (χ2v) is 37.5. The fraction of sp³-hybridized carbons (Fsp3) is 0.253. The van der Waals surface area contributed by atoms with E-state index in [2.05, 4.69) is 48.5 Å². The molecule has 0 aliphatic heterocycles. The summed E-state index contributed by atoms with van der Waals surface area (Å²) >= 11 is 5.80. The number of sulfonamides is 5. The minimum Gasteiger partial charge on any atom is -0.491 e. The summed E-state index contributed by atoms with van der Waals surface area (Å²) in [6.07, 6.45) is 28.4. The number of halogens is 1. The highest BCUT2D eigenvalue weighted by Crippen LogP contribution is 2.36. The largest absolute Gasteiger partial charge is 0.491 e. The van der Waals surface area contributed by atoms with Gasteiger partial charge in [0.25, 0.3) is 10.0 Å². The lowest BCUT2D eigenvalue weighted by atomic mass is 9.90. The Kier molecular flexibility index (Phi) is 28.2. The molecule has 16 rings (SSSR count). The van der Waals surface area contributed by atoms with Crippen molar-refractivity contribution in [1.29, 1.82) is 0 Å². The van der Waals surface area contributed by atoms with Gasteiger partial charge in [-0.3, -0.25) is 29.6 Å². The van der Waals surface area contributed by atoms with Crippen LogP contribution in [0.2, 0.25) is 5.02 Å². The summed E-state index contributed by atoms with van der Waals surface area (Å²) in [5.41, 5.74) is 11.2. The summed E-state index contributed by atoms with van der Waals surface area (Å²) in [7, 11) is -17.9. The Morgan fingerprint density at radius 2 is 0.643 bits per heavy atom. The maximum absolute atomic E-state index is 12.8. The Bertz CT molecular complexity index is 5870. The first-order chi connectivity index (χ1) is 55.3. The van der Waals surface area contributed by atoms with Crippen LogP contribution >= 0.6 is 11.6 Å². The molecule has 5 aromatic heterocycles. The van der Waals surface area contributed by atoms with Gasteiger partial charge >= 0.3 is 0 Å². The number of aromatic nitrogens is 5. The lowest BCUT2D eigenvalue weighted by Crippen LogP contribution is -2.31. The van der Waals surface area contributed by atoms with Crippen molar-refractivity contribution in [3.63, 3.8) is 0 Å². The average Bonchev–Trinajstić information content (AvgIpc) is 0.823. The van der Waals surface area contributed by atoms with Crippen LogP contribution in [0.4, 0.5) is 5.69 Å². The lowest BCUT2D eigenvalue weighted by molar-refractivity contribution is 0.242. The predicted molar refractivity (Wildman–Crippen MR) is 448 cm³/mol. The Balaban J connectivity index is 0.000000133. The van der Waals surface area contributed by atoms with Gasteiger partial charge in [-0.25, -0.2) is 61.0 Å². The molecule has 0 bridgehead atoms. The van der Waals surface area contributed by atoms with Crippen LogP contribution in [0.25, 0.3) is 21.9 Å². The Labute approximate surface area is 679 Å². The number of fused-ring (bicyclic) bond motifs is 5. The van der Waals surface area contributed by atoms with Gasteiger partial charge in [-0.1, -0.05) is 84.4 Å². The highest BCUT2D eigenvalue weighted by Gasteiger charge is 2.31. The van der Waals surface area contributed by atoms with Gasteiger partial charge in [-0.05, 0) is 299 Å². The molecule has 0 fully saturated rings. The lowest BCUT2D eigenvalue weighted by Gasteiger charge is -2.25. The molecule has 12 aromatic rings. The van der Waals surface area contributed by atoms with Gasteiger partial charge in [0, 0.05) is 96.5 Å². The number of ether oxygens (including phenoxy) is 2. The van der Waals surface area contributed by atoms with Crippen LogP contribution in [0.15, 0.2) is 293 Å². The van der Waals surface area contributed by atoms with Crippen LogP contribution in [0.3, 0.4) is 0 Å². The number of hydrogen-bond donors (Lipinski definition) is 5. The van der Waals surface area contributed by atoms with Gasteiger partial charge in [0.1, 0.15) is 11.5 Å². The van der Waals surface area contributed by atoms with E-state index in [-0.39, 0.29) is 51.1 Å². The van der Waals surface area contributed by atoms with E-state index < -0.39 is 50.1 Å².